The second-order valence-electron chi connectivity index (χ2n) is 7.72. The molecule has 0 saturated heterocycles. The molecule has 0 fully saturated rings. The summed E-state index contributed by atoms with van der Waals surface area (Å²) >= 11 is 1.39. The largest absolute Gasteiger partial charge is 0.494 e. The summed E-state index contributed by atoms with van der Waals surface area (Å²) in [6.07, 6.45) is 0. The van der Waals surface area contributed by atoms with E-state index < -0.39 is 12.0 Å². The van der Waals surface area contributed by atoms with Gasteiger partial charge in [0.15, 0.2) is 5.16 Å². The Morgan fingerprint density at radius 2 is 2.00 bits per heavy atom. The number of nitrogens with zero attached hydrogens (tertiary/aromatic N) is 1. The number of carbonyl (C=O) groups excluding carboxylic acids is 2. The lowest BCUT2D eigenvalue weighted by Gasteiger charge is -2.30. The number of methoxy groups -OCH3 is 1. The van der Waals surface area contributed by atoms with Crippen molar-refractivity contribution in [1.82, 2.24) is 20.6 Å². The van der Waals surface area contributed by atoms with Crippen molar-refractivity contribution in [2.24, 2.45) is 0 Å². The van der Waals surface area contributed by atoms with Crippen LogP contribution in [0.25, 0.3) is 11.0 Å². The molecule has 1 aliphatic rings. The first-order valence-electron chi connectivity index (χ1n) is 10.6. The average Bonchev–Trinajstić information content (AvgIpc) is 3.21. The van der Waals surface area contributed by atoms with Crippen LogP contribution >= 0.6 is 11.8 Å². The van der Waals surface area contributed by atoms with E-state index in [1.807, 2.05) is 57.2 Å². The summed E-state index contributed by atoms with van der Waals surface area (Å²) in [6, 6.07) is 10.7. The molecule has 0 unspecified atom stereocenters. The lowest BCUT2D eigenvalue weighted by atomic mass is 9.91. The van der Waals surface area contributed by atoms with Crippen molar-refractivity contribution in [2.75, 3.05) is 19.5 Å². The highest BCUT2D eigenvalue weighted by molar-refractivity contribution is 7.99. The first-order chi connectivity index (χ1) is 15.9. The zero-order chi connectivity index (χ0) is 23.5. The minimum Gasteiger partial charge on any atom is -0.494 e. The highest BCUT2D eigenvalue weighted by atomic mass is 32.2. The summed E-state index contributed by atoms with van der Waals surface area (Å²) in [7, 11) is 1.34. The third kappa shape index (κ3) is 4.83. The molecule has 4 rings (SSSR count). The minimum absolute atomic E-state index is 0.331. The number of nitrogens with one attached hydrogen (secondary N) is 3. The van der Waals surface area contributed by atoms with Gasteiger partial charge in [0.2, 0.25) is 0 Å². The summed E-state index contributed by atoms with van der Waals surface area (Å²) in [4.78, 5) is 33.2. The van der Waals surface area contributed by atoms with Gasteiger partial charge in [-0.1, -0.05) is 35.5 Å². The number of thioether (sulfide) groups is 1. The van der Waals surface area contributed by atoms with Gasteiger partial charge in [-0.2, -0.15) is 0 Å². The number of aromatic nitrogens is 2. The molecule has 3 aromatic rings. The standard InChI is InChI=1S/C24H26N4O4S/c1-5-32-15-8-9-17-18(11-15)27-24(26-17)33-12-19-20(22(29)31-4)21(28-23(30)25-19)16-10-13(2)6-7-14(16)3/h6-11,21H,5,12H2,1-4H3,(H,26,27)(H2,25,28,30)/t21-/m1/s1. The van der Waals surface area contributed by atoms with Crippen LogP contribution in [0, 0.1) is 13.8 Å². The van der Waals surface area contributed by atoms with Gasteiger partial charge in [-0.05, 0) is 44.0 Å². The Bertz CT molecular complexity index is 1250. The Morgan fingerprint density at radius 1 is 1.18 bits per heavy atom. The van der Waals surface area contributed by atoms with Gasteiger partial charge in [0, 0.05) is 17.5 Å². The summed E-state index contributed by atoms with van der Waals surface area (Å²) in [6.45, 7) is 6.45. The van der Waals surface area contributed by atoms with Gasteiger partial charge in [0.25, 0.3) is 0 Å². The number of aryl methyl sites for hydroxylation is 2. The van der Waals surface area contributed by atoms with Gasteiger partial charge in [-0.15, -0.1) is 0 Å². The number of hydrogen-bond acceptors (Lipinski definition) is 6. The third-order valence-corrected chi connectivity index (χ3v) is 6.30. The van der Waals surface area contributed by atoms with E-state index in [1.54, 1.807) is 0 Å². The van der Waals surface area contributed by atoms with E-state index in [0.29, 0.717) is 28.8 Å². The fourth-order valence-corrected chi connectivity index (χ4v) is 4.67. The van der Waals surface area contributed by atoms with Gasteiger partial charge in [-0.3, -0.25) is 0 Å². The minimum atomic E-state index is -0.605. The SMILES string of the molecule is CCOc1ccc2nc(SCC3=C(C(=O)OC)[C@@H](c4cc(C)ccc4C)NC(=O)N3)[nH]c2c1. The predicted molar refractivity (Wildman–Crippen MR) is 127 cm³/mol. The van der Waals surface area contributed by atoms with Crippen molar-refractivity contribution in [3.63, 3.8) is 0 Å². The normalized spacial score (nSPS) is 15.9. The lowest BCUT2D eigenvalue weighted by molar-refractivity contribution is -0.136. The lowest BCUT2D eigenvalue weighted by Crippen LogP contribution is -2.46. The summed E-state index contributed by atoms with van der Waals surface area (Å²) < 4.78 is 10.6. The molecule has 1 aromatic heterocycles. The monoisotopic (exact) mass is 466 g/mol. The van der Waals surface area contributed by atoms with Gasteiger partial charge in [-0.25, -0.2) is 14.6 Å². The van der Waals surface area contributed by atoms with Gasteiger partial charge in [0.05, 0.1) is 36.4 Å². The van der Waals surface area contributed by atoms with Crippen molar-refractivity contribution in [2.45, 2.75) is 32.0 Å². The van der Waals surface area contributed by atoms with Crippen LogP contribution < -0.4 is 15.4 Å². The van der Waals surface area contributed by atoms with E-state index in [4.69, 9.17) is 9.47 Å². The summed E-state index contributed by atoms with van der Waals surface area (Å²) in [5, 5.41) is 6.34. The fraction of sp³-hybridized carbons (Fsp3) is 0.292. The summed E-state index contributed by atoms with van der Waals surface area (Å²) in [5.41, 5.74) is 5.42. The number of H-pyrrole nitrogens is 1. The number of urea groups is 1. The number of fused-ring (bicyclic) bond motifs is 1. The van der Waals surface area contributed by atoms with Crippen LogP contribution in [0.3, 0.4) is 0 Å². The van der Waals surface area contributed by atoms with E-state index >= 15 is 0 Å². The molecule has 8 nitrogen and oxygen atoms in total. The van der Waals surface area contributed by atoms with Gasteiger partial charge >= 0.3 is 12.0 Å². The first kappa shape index (κ1) is 22.7. The van der Waals surface area contributed by atoms with Crippen molar-refractivity contribution in [3.05, 3.63) is 64.4 Å². The predicted octanol–water partition coefficient (Wildman–Crippen LogP) is 4.15. The highest BCUT2D eigenvalue weighted by Gasteiger charge is 2.34. The van der Waals surface area contributed by atoms with Crippen LogP contribution in [-0.4, -0.2) is 41.4 Å². The molecule has 9 heteroatoms. The quantitative estimate of drug-likeness (QED) is 0.357. The Labute approximate surface area is 196 Å². The molecule has 2 amide bonds. The maximum absolute atomic E-state index is 12.8. The Morgan fingerprint density at radius 3 is 2.76 bits per heavy atom. The van der Waals surface area contributed by atoms with E-state index in [0.717, 1.165) is 33.5 Å². The molecular weight excluding hydrogens is 440 g/mol. The molecule has 0 spiro atoms. The molecule has 1 atom stereocenters. The highest BCUT2D eigenvalue weighted by Crippen LogP contribution is 2.32. The fourth-order valence-electron chi connectivity index (χ4n) is 3.82. The molecule has 0 bridgehead atoms. The Hall–Kier alpha value is -3.46. The van der Waals surface area contributed by atoms with Crippen LogP contribution in [0.1, 0.15) is 29.7 Å². The van der Waals surface area contributed by atoms with Gasteiger partial charge in [0.1, 0.15) is 5.75 Å². The molecule has 172 valence electrons. The number of amides is 2. The first-order valence-corrected chi connectivity index (χ1v) is 11.6. The topological polar surface area (TPSA) is 105 Å². The second-order valence-corrected chi connectivity index (χ2v) is 8.68. The van der Waals surface area contributed by atoms with Crippen molar-refractivity contribution in [3.8, 4) is 5.75 Å². The van der Waals surface area contributed by atoms with Crippen molar-refractivity contribution >= 4 is 34.8 Å². The number of aromatic amines is 1. The number of carbonyl (C=O) groups is 2. The van der Waals surface area contributed by atoms with Crippen LogP contribution in [0.5, 0.6) is 5.75 Å². The second kappa shape index (κ2) is 9.58. The van der Waals surface area contributed by atoms with Crippen LogP contribution in [0.2, 0.25) is 0 Å². The van der Waals surface area contributed by atoms with E-state index in [1.165, 1.54) is 18.9 Å². The number of rotatable bonds is 7. The zero-order valence-electron chi connectivity index (χ0n) is 18.9. The molecule has 0 radical (unpaired) electrons. The Kier molecular flexibility index (Phi) is 6.60. The summed E-state index contributed by atoms with van der Waals surface area (Å²) in [5.74, 6) is 0.606. The molecule has 1 aliphatic heterocycles. The van der Waals surface area contributed by atoms with Gasteiger partial charge < -0.3 is 25.1 Å². The molecule has 3 N–H and O–H groups in total. The molecule has 2 heterocycles. The average molecular weight is 467 g/mol. The van der Waals surface area contributed by atoms with E-state index in [2.05, 4.69) is 20.6 Å². The number of esters is 1. The van der Waals surface area contributed by atoms with Crippen LogP contribution in [-0.2, 0) is 9.53 Å². The number of imidazole rings is 1. The molecular formula is C24H26N4O4S. The maximum Gasteiger partial charge on any atom is 0.338 e. The Balaban J connectivity index is 1.66. The van der Waals surface area contributed by atoms with Crippen molar-refractivity contribution < 1.29 is 19.1 Å². The zero-order valence-corrected chi connectivity index (χ0v) is 19.8. The molecule has 2 aromatic carbocycles. The smallest absolute Gasteiger partial charge is 0.338 e. The van der Waals surface area contributed by atoms with Crippen molar-refractivity contribution in [1.29, 1.82) is 0 Å². The molecule has 33 heavy (non-hydrogen) atoms. The number of ether oxygens (including phenoxy) is 2. The van der Waals surface area contributed by atoms with Crippen LogP contribution in [0.4, 0.5) is 4.79 Å². The maximum atomic E-state index is 12.8. The molecule has 0 saturated carbocycles. The van der Waals surface area contributed by atoms with E-state index in [9.17, 15) is 9.59 Å². The molecule has 0 aliphatic carbocycles. The van der Waals surface area contributed by atoms with Crippen LogP contribution in [0.15, 0.2) is 52.8 Å². The third-order valence-electron chi connectivity index (χ3n) is 5.40. The number of benzene rings is 2. The van der Waals surface area contributed by atoms with E-state index in [-0.39, 0.29) is 6.03 Å². The number of hydrogen-bond donors (Lipinski definition) is 3.